The summed E-state index contributed by atoms with van der Waals surface area (Å²) in [5.74, 6) is 2.55. The van der Waals surface area contributed by atoms with Crippen LogP contribution in [-0.2, 0) is 16.1 Å². The van der Waals surface area contributed by atoms with E-state index >= 15 is 0 Å². The van der Waals surface area contributed by atoms with Crippen LogP contribution in [0.25, 0.3) is 0 Å². The third kappa shape index (κ3) is 5.38. The van der Waals surface area contributed by atoms with Gasteiger partial charge in [-0.1, -0.05) is 18.2 Å². The van der Waals surface area contributed by atoms with Gasteiger partial charge in [0, 0.05) is 25.7 Å². The molecule has 0 aromatic heterocycles. The molecule has 1 aromatic carbocycles. The van der Waals surface area contributed by atoms with Crippen LogP contribution in [0.2, 0.25) is 0 Å². The Balaban J connectivity index is 1.40. The van der Waals surface area contributed by atoms with E-state index in [1.165, 1.54) is 0 Å². The minimum absolute atomic E-state index is 0.0585. The van der Waals surface area contributed by atoms with Crippen LogP contribution in [0.1, 0.15) is 18.4 Å². The van der Waals surface area contributed by atoms with E-state index in [2.05, 4.69) is 17.1 Å². The normalized spacial score (nSPS) is 20.3. The summed E-state index contributed by atoms with van der Waals surface area (Å²) in [5, 5.41) is 9.06. The zero-order chi connectivity index (χ0) is 18.2. The molecule has 5 nitrogen and oxygen atoms in total. The first-order chi connectivity index (χ1) is 12.8. The van der Waals surface area contributed by atoms with Crippen LogP contribution < -0.4 is 4.74 Å². The fraction of sp³-hybridized carbons (Fsp3) is 0.429. The molecule has 1 aliphatic carbocycles. The predicted molar refractivity (Wildman–Crippen MR) is 101 cm³/mol. The molecule has 1 unspecified atom stereocenters. The summed E-state index contributed by atoms with van der Waals surface area (Å²) in [4.78, 5) is 2.36. The summed E-state index contributed by atoms with van der Waals surface area (Å²) in [6, 6.07) is 7.56. The maximum absolute atomic E-state index is 9.06. The highest BCUT2D eigenvalue weighted by molar-refractivity contribution is 5.27. The van der Waals surface area contributed by atoms with Crippen molar-refractivity contribution in [3.63, 3.8) is 0 Å². The number of hydrogen-bond donors (Lipinski definition) is 1. The summed E-state index contributed by atoms with van der Waals surface area (Å²) < 4.78 is 17.2. The fourth-order valence-corrected chi connectivity index (χ4v) is 3.10. The molecule has 1 heterocycles. The highest BCUT2D eigenvalue weighted by Gasteiger charge is 2.24. The molecule has 5 heteroatoms. The van der Waals surface area contributed by atoms with E-state index in [4.69, 9.17) is 19.3 Å². The summed E-state index contributed by atoms with van der Waals surface area (Å²) in [5.41, 5.74) is 0.894. The van der Waals surface area contributed by atoms with Crippen molar-refractivity contribution in [3.8, 4) is 5.75 Å². The Hall–Kier alpha value is -2.24. The van der Waals surface area contributed by atoms with Crippen LogP contribution in [0.3, 0.4) is 0 Å². The van der Waals surface area contributed by atoms with Gasteiger partial charge in [-0.05, 0) is 42.7 Å². The third-order valence-electron chi connectivity index (χ3n) is 4.57. The second kappa shape index (κ2) is 9.46. The number of aliphatic hydroxyl groups excluding tert-OH is 1. The molecular weight excluding hydrogens is 330 g/mol. The molecule has 26 heavy (non-hydrogen) atoms. The van der Waals surface area contributed by atoms with Gasteiger partial charge in [-0.25, -0.2) is 0 Å². The van der Waals surface area contributed by atoms with Crippen molar-refractivity contribution in [2.45, 2.75) is 25.6 Å². The number of hydrogen-bond acceptors (Lipinski definition) is 5. The highest BCUT2D eigenvalue weighted by atomic mass is 16.5. The number of allylic oxidation sites excluding steroid dienone is 4. The van der Waals surface area contributed by atoms with E-state index in [0.29, 0.717) is 6.61 Å². The van der Waals surface area contributed by atoms with Gasteiger partial charge in [0.05, 0.1) is 13.7 Å². The monoisotopic (exact) mass is 357 g/mol. The Morgan fingerprint density at radius 2 is 2.04 bits per heavy atom. The largest absolute Gasteiger partial charge is 0.497 e. The van der Waals surface area contributed by atoms with Crippen LogP contribution in [0.5, 0.6) is 5.75 Å². The average molecular weight is 357 g/mol. The third-order valence-corrected chi connectivity index (χ3v) is 4.57. The topological polar surface area (TPSA) is 51.2 Å². The smallest absolute Gasteiger partial charge is 0.122 e. The average Bonchev–Trinajstić information content (AvgIpc) is 2.98. The number of likely N-dealkylation sites (tertiary alicyclic amines) is 1. The van der Waals surface area contributed by atoms with E-state index < -0.39 is 0 Å². The van der Waals surface area contributed by atoms with Crippen molar-refractivity contribution >= 4 is 0 Å². The molecule has 1 atom stereocenters. The SMILES string of the molecule is COC1=CC(OC2CCN(CCOc3ccc(CO)cc3)C2)=CCC=C1. The lowest BCUT2D eigenvalue weighted by Gasteiger charge is -2.18. The first kappa shape index (κ1) is 18.5. The van der Waals surface area contributed by atoms with Crippen molar-refractivity contribution in [2.24, 2.45) is 0 Å². The van der Waals surface area contributed by atoms with Crippen molar-refractivity contribution in [3.05, 3.63) is 65.7 Å². The number of aliphatic hydroxyl groups is 1. The standard InChI is InChI=1S/C21H27NO4/c1-24-19-4-2-3-5-20(14-19)26-21-10-11-22(15-21)12-13-25-18-8-6-17(16-23)7-9-18/h2,4-9,14,21,23H,3,10-13,15-16H2,1H3. The number of nitrogens with zero attached hydrogens (tertiary/aromatic N) is 1. The van der Waals surface area contributed by atoms with Crippen LogP contribution in [0.15, 0.2) is 60.1 Å². The first-order valence-electron chi connectivity index (χ1n) is 9.11. The maximum Gasteiger partial charge on any atom is 0.122 e. The molecule has 1 aliphatic heterocycles. The summed E-state index contributed by atoms with van der Waals surface area (Å²) >= 11 is 0. The first-order valence-corrected chi connectivity index (χ1v) is 9.11. The van der Waals surface area contributed by atoms with Crippen LogP contribution in [0, 0.1) is 0 Å². The Morgan fingerprint density at radius 1 is 1.19 bits per heavy atom. The maximum atomic E-state index is 9.06. The van der Waals surface area contributed by atoms with Crippen molar-refractivity contribution in [2.75, 3.05) is 33.4 Å². The zero-order valence-electron chi connectivity index (χ0n) is 15.3. The second-order valence-electron chi connectivity index (χ2n) is 6.48. The van der Waals surface area contributed by atoms with E-state index in [0.717, 1.165) is 55.3 Å². The molecule has 1 fully saturated rings. The minimum Gasteiger partial charge on any atom is -0.497 e. The lowest BCUT2D eigenvalue weighted by Crippen LogP contribution is -2.27. The Morgan fingerprint density at radius 3 is 2.81 bits per heavy atom. The van der Waals surface area contributed by atoms with Gasteiger partial charge in [0.25, 0.3) is 0 Å². The summed E-state index contributed by atoms with van der Waals surface area (Å²) in [6.07, 6.45) is 10.2. The highest BCUT2D eigenvalue weighted by Crippen LogP contribution is 2.20. The van der Waals surface area contributed by atoms with Crippen molar-refractivity contribution in [1.29, 1.82) is 0 Å². The number of benzene rings is 1. The van der Waals surface area contributed by atoms with Gasteiger partial charge in [0.1, 0.15) is 30.0 Å². The van der Waals surface area contributed by atoms with Crippen molar-refractivity contribution < 1.29 is 19.3 Å². The molecule has 0 amide bonds. The van der Waals surface area contributed by atoms with Crippen LogP contribution in [-0.4, -0.2) is 49.5 Å². The van der Waals surface area contributed by atoms with Gasteiger partial charge in [0.15, 0.2) is 0 Å². The minimum atomic E-state index is 0.0585. The molecule has 0 spiro atoms. The fourth-order valence-electron chi connectivity index (χ4n) is 3.10. The quantitative estimate of drug-likeness (QED) is 0.775. The lowest BCUT2D eigenvalue weighted by atomic mass is 10.2. The van der Waals surface area contributed by atoms with Crippen molar-refractivity contribution in [1.82, 2.24) is 4.90 Å². The molecule has 140 valence electrons. The predicted octanol–water partition coefficient (Wildman–Crippen LogP) is 3.02. The molecule has 1 N–H and O–H groups in total. The number of ether oxygens (including phenoxy) is 3. The molecule has 0 bridgehead atoms. The van der Waals surface area contributed by atoms with E-state index in [1.54, 1.807) is 7.11 Å². The number of methoxy groups -OCH3 is 1. The second-order valence-corrected chi connectivity index (χ2v) is 6.48. The molecule has 1 saturated heterocycles. The molecular formula is C21H27NO4. The molecule has 0 radical (unpaired) electrons. The molecule has 0 saturated carbocycles. The summed E-state index contributed by atoms with van der Waals surface area (Å²) in [7, 11) is 1.67. The molecule has 3 rings (SSSR count). The van der Waals surface area contributed by atoms with Gasteiger partial charge in [-0.15, -0.1) is 0 Å². The Labute approximate surface area is 155 Å². The number of rotatable bonds is 8. The van der Waals surface area contributed by atoms with Gasteiger partial charge in [-0.2, -0.15) is 0 Å². The molecule has 2 aliphatic rings. The van der Waals surface area contributed by atoms with Gasteiger partial charge in [0.2, 0.25) is 0 Å². The Bertz CT molecular complexity index is 663. The lowest BCUT2D eigenvalue weighted by molar-refractivity contribution is 0.124. The Kier molecular flexibility index (Phi) is 6.75. The molecule has 1 aromatic rings. The van der Waals surface area contributed by atoms with E-state index in [9.17, 15) is 0 Å². The van der Waals surface area contributed by atoms with E-state index in [-0.39, 0.29) is 12.7 Å². The summed E-state index contributed by atoms with van der Waals surface area (Å²) in [6.45, 7) is 3.51. The van der Waals surface area contributed by atoms with Crippen LogP contribution in [0.4, 0.5) is 0 Å². The van der Waals surface area contributed by atoms with Gasteiger partial charge >= 0.3 is 0 Å². The van der Waals surface area contributed by atoms with E-state index in [1.807, 2.05) is 36.4 Å². The van der Waals surface area contributed by atoms with Gasteiger partial charge < -0.3 is 19.3 Å². The van der Waals surface area contributed by atoms with Gasteiger partial charge in [-0.3, -0.25) is 4.90 Å². The zero-order valence-corrected chi connectivity index (χ0v) is 15.3. The van der Waals surface area contributed by atoms with Crippen LogP contribution >= 0.6 is 0 Å².